The standard InChI is InChI=1S/C6H8NO3/c8-3-1-7-2-4-10-5-6(7)9/h1-2,4-5H2. The second kappa shape index (κ2) is 3.31. The molecule has 1 saturated heterocycles. The van der Waals surface area contributed by atoms with E-state index in [9.17, 15) is 9.59 Å². The van der Waals surface area contributed by atoms with Gasteiger partial charge in [-0.3, -0.25) is 9.59 Å². The Labute approximate surface area is 58.8 Å². The van der Waals surface area contributed by atoms with E-state index < -0.39 is 0 Å². The highest BCUT2D eigenvalue weighted by molar-refractivity contribution is 5.80. The van der Waals surface area contributed by atoms with Crippen LogP contribution in [0.15, 0.2) is 0 Å². The largest absolute Gasteiger partial charge is 0.370 e. The summed E-state index contributed by atoms with van der Waals surface area (Å²) < 4.78 is 4.84. The van der Waals surface area contributed by atoms with Crippen LogP contribution < -0.4 is 0 Å². The summed E-state index contributed by atoms with van der Waals surface area (Å²) >= 11 is 0. The van der Waals surface area contributed by atoms with Crippen LogP contribution in [0.4, 0.5) is 0 Å². The zero-order valence-electron chi connectivity index (χ0n) is 5.50. The molecule has 55 valence electrons. The minimum absolute atomic E-state index is 0.0716. The first kappa shape index (κ1) is 7.21. The smallest absolute Gasteiger partial charge is 0.249 e. The molecular formula is C6H8NO3. The predicted octanol–water partition coefficient (Wildman–Crippen LogP) is -1.05. The van der Waals surface area contributed by atoms with E-state index in [-0.39, 0.29) is 19.1 Å². The molecular weight excluding hydrogens is 134 g/mol. The second-order valence-electron chi connectivity index (χ2n) is 2.01. The average Bonchev–Trinajstić information content (AvgIpc) is 1.94. The van der Waals surface area contributed by atoms with Gasteiger partial charge in [-0.05, 0) is 0 Å². The Morgan fingerprint density at radius 2 is 2.50 bits per heavy atom. The molecule has 1 aliphatic rings. The molecule has 0 unspecified atom stereocenters. The number of morpholine rings is 1. The Balaban J connectivity index is 2.39. The van der Waals surface area contributed by atoms with Crippen molar-refractivity contribution in [2.24, 2.45) is 0 Å². The lowest BCUT2D eigenvalue weighted by molar-refractivity contribution is -0.141. The van der Waals surface area contributed by atoms with E-state index in [1.165, 1.54) is 4.90 Å². The molecule has 0 aromatic heterocycles. The third-order valence-electron chi connectivity index (χ3n) is 1.34. The van der Waals surface area contributed by atoms with Crippen LogP contribution in [0.2, 0.25) is 0 Å². The fraction of sp³-hybridized carbons (Fsp3) is 0.667. The molecule has 1 aliphatic heterocycles. The molecule has 0 bridgehead atoms. The highest BCUT2D eigenvalue weighted by atomic mass is 16.5. The summed E-state index contributed by atoms with van der Waals surface area (Å²) in [5.74, 6) is -0.130. The van der Waals surface area contributed by atoms with Crippen molar-refractivity contribution in [3.05, 3.63) is 0 Å². The quantitative estimate of drug-likeness (QED) is 0.494. The van der Waals surface area contributed by atoms with Crippen molar-refractivity contribution in [2.75, 3.05) is 26.3 Å². The maximum Gasteiger partial charge on any atom is 0.249 e. The van der Waals surface area contributed by atoms with Crippen LogP contribution in [0.25, 0.3) is 0 Å². The zero-order valence-corrected chi connectivity index (χ0v) is 5.50. The van der Waals surface area contributed by atoms with E-state index in [4.69, 9.17) is 4.74 Å². The molecule has 0 spiro atoms. The molecule has 4 heteroatoms. The molecule has 0 saturated carbocycles. The van der Waals surface area contributed by atoms with Gasteiger partial charge in [-0.25, -0.2) is 0 Å². The van der Waals surface area contributed by atoms with E-state index >= 15 is 0 Å². The number of ether oxygens (including phenoxy) is 1. The van der Waals surface area contributed by atoms with Gasteiger partial charge >= 0.3 is 0 Å². The highest BCUT2D eigenvalue weighted by Crippen LogP contribution is 1.95. The van der Waals surface area contributed by atoms with Crippen LogP contribution in [0.5, 0.6) is 0 Å². The topological polar surface area (TPSA) is 46.6 Å². The molecule has 0 aromatic rings. The molecule has 1 amide bonds. The van der Waals surface area contributed by atoms with E-state index in [0.29, 0.717) is 13.2 Å². The fourth-order valence-electron chi connectivity index (χ4n) is 0.795. The van der Waals surface area contributed by atoms with Gasteiger partial charge in [-0.15, -0.1) is 0 Å². The highest BCUT2D eigenvalue weighted by Gasteiger charge is 2.17. The van der Waals surface area contributed by atoms with Crippen LogP contribution in [0.3, 0.4) is 0 Å². The Hall–Kier alpha value is -0.900. The normalized spacial score (nSPS) is 19.2. The van der Waals surface area contributed by atoms with Crippen molar-refractivity contribution in [1.82, 2.24) is 4.90 Å². The molecule has 0 aromatic carbocycles. The third-order valence-corrected chi connectivity index (χ3v) is 1.34. The van der Waals surface area contributed by atoms with Crippen LogP contribution in [-0.4, -0.2) is 43.4 Å². The summed E-state index contributed by atoms with van der Waals surface area (Å²) in [6.07, 6.45) is 1.67. The van der Waals surface area contributed by atoms with Crippen molar-refractivity contribution in [2.45, 2.75) is 0 Å². The van der Waals surface area contributed by atoms with Crippen molar-refractivity contribution in [1.29, 1.82) is 0 Å². The number of rotatable bonds is 2. The zero-order chi connectivity index (χ0) is 7.40. The van der Waals surface area contributed by atoms with E-state index in [0.717, 1.165) is 0 Å². The summed E-state index contributed by atoms with van der Waals surface area (Å²) in [5.41, 5.74) is 0. The second-order valence-corrected chi connectivity index (χ2v) is 2.01. The fourth-order valence-corrected chi connectivity index (χ4v) is 0.795. The van der Waals surface area contributed by atoms with Crippen molar-refractivity contribution in [3.63, 3.8) is 0 Å². The molecule has 0 N–H and O–H groups in total. The van der Waals surface area contributed by atoms with Gasteiger partial charge in [0.05, 0.1) is 13.2 Å². The Kier molecular flexibility index (Phi) is 2.39. The molecule has 4 nitrogen and oxygen atoms in total. The maximum absolute atomic E-state index is 10.8. The van der Waals surface area contributed by atoms with Gasteiger partial charge in [-0.1, -0.05) is 0 Å². The number of hydrogen-bond acceptors (Lipinski definition) is 3. The SMILES string of the molecule is O=[C]CN1CCOCC1=O. The minimum Gasteiger partial charge on any atom is -0.370 e. The van der Waals surface area contributed by atoms with Crippen LogP contribution >= 0.6 is 0 Å². The number of carbonyl (C=O) groups excluding carboxylic acids is 2. The monoisotopic (exact) mass is 142 g/mol. The van der Waals surface area contributed by atoms with E-state index in [1.807, 2.05) is 0 Å². The lowest BCUT2D eigenvalue weighted by Crippen LogP contribution is -2.42. The predicted molar refractivity (Wildman–Crippen MR) is 33.1 cm³/mol. The minimum atomic E-state index is -0.130. The summed E-state index contributed by atoms with van der Waals surface area (Å²) in [6, 6.07) is 0. The van der Waals surface area contributed by atoms with Gasteiger partial charge in [0, 0.05) is 6.54 Å². The van der Waals surface area contributed by atoms with E-state index in [1.54, 1.807) is 6.29 Å². The Bertz CT molecular complexity index is 146. The van der Waals surface area contributed by atoms with Gasteiger partial charge < -0.3 is 9.64 Å². The van der Waals surface area contributed by atoms with E-state index in [2.05, 4.69) is 0 Å². The lowest BCUT2D eigenvalue weighted by Gasteiger charge is -2.23. The number of nitrogens with zero attached hydrogens (tertiary/aromatic N) is 1. The van der Waals surface area contributed by atoms with Gasteiger partial charge in [0.15, 0.2) is 0 Å². The van der Waals surface area contributed by atoms with Crippen molar-refractivity contribution < 1.29 is 14.3 Å². The third kappa shape index (κ3) is 1.54. The van der Waals surface area contributed by atoms with Gasteiger partial charge in [0.25, 0.3) is 0 Å². The molecule has 10 heavy (non-hydrogen) atoms. The van der Waals surface area contributed by atoms with Crippen molar-refractivity contribution >= 4 is 12.2 Å². The summed E-state index contributed by atoms with van der Waals surface area (Å²) in [4.78, 5) is 22.1. The number of amides is 1. The Morgan fingerprint density at radius 1 is 1.70 bits per heavy atom. The number of carbonyl (C=O) groups is 1. The first-order chi connectivity index (χ1) is 4.84. The van der Waals surface area contributed by atoms with Gasteiger partial charge in [-0.2, -0.15) is 0 Å². The van der Waals surface area contributed by atoms with Gasteiger partial charge in [0.1, 0.15) is 6.61 Å². The molecule has 1 fully saturated rings. The number of hydrogen-bond donors (Lipinski definition) is 0. The molecule has 0 atom stereocenters. The molecule has 0 aliphatic carbocycles. The van der Waals surface area contributed by atoms with Crippen LogP contribution in [0, 0.1) is 0 Å². The Morgan fingerprint density at radius 3 is 3.10 bits per heavy atom. The van der Waals surface area contributed by atoms with Crippen LogP contribution in [0.1, 0.15) is 0 Å². The molecule has 1 radical (unpaired) electrons. The average molecular weight is 142 g/mol. The molecule has 1 heterocycles. The summed E-state index contributed by atoms with van der Waals surface area (Å²) in [7, 11) is 0. The van der Waals surface area contributed by atoms with Crippen LogP contribution in [-0.2, 0) is 14.3 Å². The summed E-state index contributed by atoms with van der Waals surface area (Å²) in [6.45, 7) is 1.20. The summed E-state index contributed by atoms with van der Waals surface area (Å²) in [5, 5.41) is 0. The van der Waals surface area contributed by atoms with Gasteiger partial charge in [0.2, 0.25) is 12.2 Å². The first-order valence-corrected chi connectivity index (χ1v) is 3.05. The van der Waals surface area contributed by atoms with Crippen molar-refractivity contribution in [3.8, 4) is 0 Å². The lowest BCUT2D eigenvalue weighted by atomic mass is 10.4. The first-order valence-electron chi connectivity index (χ1n) is 3.05. The molecule has 1 rings (SSSR count). The maximum atomic E-state index is 10.8.